The summed E-state index contributed by atoms with van der Waals surface area (Å²) in [6.45, 7) is 3.21. The van der Waals surface area contributed by atoms with Crippen LogP contribution in [-0.4, -0.2) is 28.3 Å². The number of halogens is 1. The van der Waals surface area contributed by atoms with Gasteiger partial charge in [-0.05, 0) is 50.2 Å². The summed E-state index contributed by atoms with van der Waals surface area (Å²) in [5.74, 6) is -1.17. The predicted molar refractivity (Wildman–Crippen MR) is 108 cm³/mol. The molecule has 0 spiro atoms. The standard InChI is InChI=1S/C21H17ClN4O3/c1-13-20(22)14(2)26(25-13)17-9-7-15(8-10-17)21(28)29-12-19(27)24-18-6-4-3-5-16(18)11-23/h3-10H,12H2,1-2H3,(H,24,27). The number of benzene rings is 2. The number of aryl methyl sites for hydroxylation is 1. The molecule has 1 amide bonds. The normalized spacial score (nSPS) is 10.3. The van der Waals surface area contributed by atoms with Crippen molar-refractivity contribution in [1.82, 2.24) is 9.78 Å². The molecular formula is C21H17ClN4O3. The molecule has 146 valence electrons. The molecule has 0 aliphatic rings. The lowest BCUT2D eigenvalue weighted by atomic mass is 10.2. The monoisotopic (exact) mass is 408 g/mol. The minimum Gasteiger partial charge on any atom is -0.452 e. The smallest absolute Gasteiger partial charge is 0.338 e. The van der Waals surface area contributed by atoms with Crippen molar-refractivity contribution >= 4 is 29.2 Å². The van der Waals surface area contributed by atoms with Crippen molar-refractivity contribution in [1.29, 1.82) is 5.26 Å². The average molecular weight is 409 g/mol. The molecule has 1 N–H and O–H groups in total. The number of carbonyl (C=O) groups is 2. The summed E-state index contributed by atoms with van der Waals surface area (Å²) in [5.41, 5.74) is 3.26. The van der Waals surface area contributed by atoms with Crippen molar-refractivity contribution in [3.8, 4) is 11.8 Å². The Morgan fingerprint density at radius 2 is 1.86 bits per heavy atom. The van der Waals surface area contributed by atoms with Gasteiger partial charge in [-0.1, -0.05) is 23.7 Å². The fourth-order valence-electron chi connectivity index (χ4n) is 2.70. The first-order valence-corrected chi connectivity index (χ1v) is 9.06. The van der Waals surface area contributed by atoms with Crippen LogP contribution in [0.4, 0.5) is 5.69 Å². The van der Waals surface area contributed by atoms with E-state index >= 15 is 0 Å². The molecular weight excluding hydrogens is 392 g/mol. The van der Waals surface area contributed by atoms with E-state index < -0.39 is 18.5 Å². The fourth-order valence-corrected chi connectivity index (χ4v) is 2.82. The highest BCUT2D eigenvalue weighted by atomic mass is 35.5. The van der Waals surface area contributed by atoms with Crippen LogP contribution in [0.3, 0.4) is 0 Å². The van der Waals surface area contributed by atoms with E-state index in [9.17, 15) is 9.59 Å². The van der Waals surface area contributed by atoms with E-state index in [1.807, 2.05) is 19.9 Å². The van der Waals surface area contributed by atoms with Gasteiger partial charge in [-0.3, -0.25) is 4.79 Å². The number of hydrogen-bond donors (Lipinski definition) is 1. The minimum atomic E-state index is -0.633. The first-order chi connectivity index (χ1) is 13.9. The summed E-state index contributed by atoms with van der Waals surface area (Å²) in [7, 11) is 0. The van der Waals surface area contributed by atoms with E-state index in [2.05, 4.69) is 10.4 Å². The number of aromatic nitrogens is 2. The van der Waals surface area contributed by atoms with Gasteiger partial charge in [0, 0.05) is 0 Å². The third kappa shape index (κ3) is 4.45. The number of ether oxygens (including phenoxy) is 1. The molecule has 0 atom stereocenters. The van der Waals surface area contributed by atoms with Crippen molar-refractivity contribution in [3.05, 3.63) is 76.1 Å². The number of hydrogen-bond acceptors (Lipinski definition) is 5. The van der Waals surface area contributed by atoms with Crippen molar-refractivity contribution < 1.29 is 14.3 Å². The Balaban J connectivity index is 1.62. The van der Waals surface area contributed by atoms with E-state index in [4.69, 9.17) is 21.6 Å². The number of esters is 1. The van der Waals surface area contributed by atoms with Gasteiger partial charge in [-0.25, -0.2) is 9.48 Å². The minimum absolute atomic E-state index is 0.298. The molecule has 0 unspecified atom stereocenters. The van der Waals surface area contributed by atoms with Crippen LogP contribution in [0.15, 0.2) is 48.5 Å². The Bertz CT molecular complexity index is 1110. The molecule has 8 heteroatoms. The second kappa shape index (κ2) is 8.59. The van der Waals surface area contributed by atoms with Gasteiger partial charge < -0.3 is 10.1 Å². The SMILES string of the molecule is Cc1nn(-c2ccc(C(=O)OCC(=O)Nc3ccccc3C#N)cc2)c(C)c1Cl. The van der Waals surface area contributed by atoms with E-state index in [1.165, 1.54) is 0 Å². The molecule has 0 saturated heterocycles. The van der Waals surface area contributed by atoms with E-state index in [-0.39, 0.29) is 0 Å². The van der Waals surface area contributed by atoms with Gasteiger partial charge in [0.05, 0.1) is 38.9 Å². The molecule has 0 fully saturated rings. The average Bonchev–Trinajstić information content (AvgIpc) is 3.00. The van der Waals surface area contributed by atoms with Gasteiger partial charge >= 0.3 is 5.97 Å². The van der Waals surface area contributed by atoms with Crippen LogP contribution in [0.5, 0.6) is 0 Å². The Kier molecular flexibility index (Phi) is 5.96. The second-order valence-electron chi connectivity index (χ2n) is 6.23. The zero-order valence-corrected chi connectivity index (χ0v) is 16.5. The Hall–Kier alpha value is -3.63. The third-order valence-corrected chi connectivity index (χ3v) is 4.75. The first-order valence-electron chi connectivity index (χ1n) is 8.69. The molecule has 0 aliphatic carbocycles. The number of nitrogens with one attached hydrogen (secondary N) is 1. The van der Waals surface area contributed by atoms with Crippen LogP contribution < -0.4 is 5.32 Å². The van der Waals surface area contributed by atoms with Crippen LogP contribution in [0.25, 0.3) is 5.69 Å². The Morgan fingerprint density at radius 1 is 1.17 bits per heavy atom. The number of amides is 1. The quantitative estimate of drug-likeness (QED) is 0.647. The zero-order chi connectivity index (χ0) is 21.0. The number of para-hydroxylation sites is 1. The lowest BCUT2D eigenvalue weighted by Crippen LogP contribution is -2.21. The maximum Gasteiger partial charge on any atom is 0.338 e. The maximum atomic E-state index is 12.2. The summed E-state index contributed by atoms with van der Waals surface area (Å²) in [5, 5.41) is 16.5. The fraction of sp³-hybridized carbons (Fsp3) is 0.143. The lowest BCUT2D eigenvalue weighted by Gasteiger charge is -2.08. The molecule has 1 aromatic heterocycles. The molecule has 3 aromatic rings. The van der Waals surface area contributed by atoms with Crippen LogP contribution >= 0.6 is 11.6 Å². The summed E-state index contributed by atoms with van der Waals surface area (Å²) < 4.78 is 6.74. The van der Waals surface area contributed by atoms with E-state index in [0.29, 0.717) is 21.8 Å². The van der Waals surface area contributed by atoms with Gasteiger partial charge in [-0.15, -0.1) is 0 Å². The molecule has 0 aliphatic heterocycles. The molecule has 7 nitrogen and oxygen atoms in total. The predicted octanol–water partition coefficient (Wildman–Crippen LogP) is 3.81. The maximum absolute atomic E-state index is 12.2. The number of nitrogens with zero attached hydrogens (tertiary/aromatic N) is 3. The number of anilines is 1. The van der Waals surface area contributed by atoms with Crippen LogP contribution in [0.2, 0.25) is 5.02 Å². The Labute approximate surface area is 172 Å². The highest BCUT2D eigenvalue weighted by Crippen LogP contribution is 2.22. The lowest BCUT2D eigenvalue weighted by molar-refractivity contribution is -0.119. The molecule has 0 radical (unpaired) electrons. The van der Waals surface area contributed by atoms with Crippen LogP contribution in [0, 0.1) is 25.2 Å². The first kappa shape index (κ1) is 20.1. The summed E-state index contributed by atoms with van der Waals surface area (Å²) in [6.07, 6.45) is 0. The largest absolute Gasteiger partial charge is 0.452 e. The molecule has 29 heavy (non-hydrogen) atoms. The molecule has 2 aromatic carbocycles. The van der Waals surface area contributed by atoms with Crippen molar-refractivity contribution in [2.24, 2.45) is 0 Å². The highest BCUT2D eigenvalue weighted by Gasteiger charge is 2.14. The summed E-state index contributed by atoms with van der Waals surface area (Å²) in [6, 6.07) is 15.2. The van der Waals surface area contributed by atoms with Crippen molar-refractivity contribution in [3.63, 3.8) is 0 Å². The molecule has 1 heterocycles. The van der Waals surface area contributed by atoms with E-state index in [0.717, 1.165) is 17.1 Å². The molecule has 0 saturated carbocycles. The van der Waals surface area contributed by atoms with Crippen molar-refractivity contribution in [2.45, 2.75) is 13.8 Å². The number of carbonyl (C=O) groups excluding carboxylic acids is 2. The van der Waals surface area contributed by atoms with Gasteiger partial charge in [0.1, 0.15) is 6.07 Å². The highest BCUT2D eigenvalue weighted by molar-refractivity contribution is 6.31. The van der Waals surface area contributed by atoms with Crippen LogP contribution in [0.1, 0.15) is 27.3 Å². The zero-order valence-electron chi connectivity index (χ0n) is 15.8. The van der Waals surface area contributed by atoms with E-state index in [1.54, 1.807) is 53.2 Å². The number of nitriles is 1. The molecule has 3 rings (SSSR count). The number of rotatable bonds is 5. The van der Waals surface area contributed by atoms with Gasteiger partial charge in [0.25, 0.3) is 5.91 Å². The molecule has 0 bridgehead atoms. The third-order valence-electron chi connectivity index (χ3n) is 4.21. The second-order valence-corrected chi connectivity index (χ2v) is 6.60. The topological polar surface area (TPSA) is 97.0 Å². The van der Waals surface area contributed by atoms with Gasteiger partial charge in [0.2, 0.25) is 0 Å². The van der Waals surface area contributed by atoms with Gasteiger partial charge in [-0.2, -0.15) is 10.4 Å². The van der Waals surface area contributed by atoms with Gasteiger partial charge in [0.15, 0.2) is 6.61 Å². The summed E-state index contributed by atoms with van der Waals surface area (Å²) >= 11 is 6.16. The van der Waals surface area contributed by atoms with Crippen LogP contribution in [-0.2, 0) is 9.53 Å². The van der Waals surface area contributed by atoms with Crippen molar-refractivity contribution in [2.75, 3.05) is 11.9 Å². The Morgan fingerprint density at radius 3 is 2.48 bits per heavy atom. The summed E-state index contributed by atoms with van der Waals surface area (Å²) in [4.78, 5) is 24.2.